The lowest BCUT2D eigenvalue weighted by Crippen LogP contribution is -2.25. The third-order valence-corrected chi connectivity index (χ3v) is 5.19. The number of amides is 1. The standard InChI is InChI=1S/C21H15F3N4O2S/c1-12(18(29)26-16-10-6-5-9-15(16)21(22,23)24)31-20-27-17(13-7-3-2-4-8-13)14(11-25)19(30)28-20/h2-10,12H,1H3,(H,26,29)(H,27,28,30)/t12-/m0/s1. The fraction of sp³-hybridized carbons (Fsp3) is 0.143. The molecule has 10 heteroatoms. The zero-order valence-electron chi connectivity index (χ0n) is 16.0. The summed E-state index contributed by atoms with van der Waals surface area (Å²) >= 11 is 0.857. The van der Waals surface area contributed by atoms with Crippen LogP contribution in [-0.2, 0) is 11.0 Å². The van der Waals surface area contributed by atoms with Gasteiger partial charge in [-0.05, 0) is 19.1 Å². The minimum atomic E-state index is -4.62. The summed E-state index contributed by atoms with van der Waals surface area (Å²) in [5, 5.41) is 10.7. The van der Waals surface area contributed by atoms with Gasteiger partial charge in [0.2, 0.25) is 5.91 Å². The molecule has 1 atom stereocenters. The second-order valence-corrected chi connectivity index (χ2v) is 7.69. The third kappa shape index (κ3) is 5.13. The molecule has 1 heterocycles. The Morgan fingerprint density at radius 3 is 2.45 bits per heavy atom. The van der Waals surface area contributed by atoms with Crippen molar-refractivity contribution in [3.8, 4) is 17.3 Å². The number of hydrogen-bond donors (Lipinski definition) is 2. The number of nitrogens with zero attached hydrogens (tertiary/aromatic N) is 2. The van der Waals surface area contributed by atoms with E-state index in [-0.39, 0.29) is 22.1 Å². The summed E-state index contributed by atoms with van der Waals surface area (Å²) in [6, 6.07) is 15.0. The molecule has 158 valence electrons. The first-order valence-electron chi connectivity index (χ1n) is 8.94. The first-order chi connectivity index (χ1) is 14.7. The van der Waals surface area contributed by atoms with Gasteiger partial charge in [0.1, 0.15) is 11.6 Å². The van der Waals surface area contributed by atoms with Crippen LogP contribution in [0.4, 0.5) is 18.9 Å². The predicted octanol–water partition coefficient (Wildman–Crippen LogP) is 4.45. The van der Waals surface area contributed by atoms with Crippen LogP contribution >= 0.6 is 11.8 Å². The van der Waals surface area contributed by atoms with E-state index in [0.29, 0.717) is 5.56 Å². The molecule has 3 rings (SSSR count). The zero-order chi connectivity index (χ0) is 22.6. The molecule has 0 unspecified atom stereocenters. The maximum absolute atomic E-state index is 13.1. The van der Waals surface area contributed by atoms with Crippen LogP contribution in [0.25, 0.3) is 11.3 Å². The Morgan fingerprint density at radius 2 is 1.81 bits per heavy atom. The molecule has 0 fully saturated rings. The lowest BCUT2D eigenvalue weighted by molar-refractivity contribution is -0.137. The molecular weight excluding hydrogens is 429 g/mol. The van der Waals surface area contributed by atoms with E-state index in [1.165, 1.54) is 19.1 Å². The number of anilines is 1. The number of aromatic nitrogens is 2. The Labute approximate surface area is 179 Å². The van der Waals surface area contributed by atoms with Gasteiger partial charge in [0, 0.05) is 5.56 Å². The van der Waals surface area contributed by atoms with E-state index >= 15 is 0 Å². The number of H-pyrrole nitrogens is 1. The molecule has 3 aromatic rings. The number of benzene rings is 2. The number of aromatic amines is 1. The van der Waals surface area contributed by atoms with E-state index in [1.807, 2.05) is 6.07 Å². The predicted molar refractivity (Wildman–Crippen MR) is 110 cm³/mol. The summed E-state index contributed by atoms with van der Waals surface area (Å²) < 4.78 is 39.4. The molecule has 0 radical (unpaired) electrons. The van der Waals surface area contributed by atoms with Crippen molar-refractivity contribution in [2.75, 3.05) is 5.32 Å². The van der Waals surface area contributed by atoms with Gasteiger partial charge < -0.3 is 10.3 Å². The van der Waals surface area contributed by atoms with Crippen molar-refractivity contribution in [1.82, 2.24) is 9.97 Å². The Hall–Kier alpha value is -3.58. The molecule has 2 aromatic carbocycles. The second-order valence-electron chi connectivity index (χ2n) is 6.37. The minimum absolute atomic E-state index is 0.0645. The third-order valence-electron chi connectivity index (χ3n) is 4.20. The summed E-state index contributed by atoms with van der Waals surface area (Å²) in [5.74, 6) is -0.699. The van der Waals surface area contributed by atoms with Gasteiger partial charge in [-0.3, -0.25) is 9.59 Å². The van der Waals surface area contributed by atoms with Gasteiger partial charge >= 0.3 is 6.18 Å². The second kappa shape index (κ2) is 9.06. The number of carbonyl (C=O) groups is 1. The minimum Gasteiger partial charge on any atom is -0.325 e. The highest BCUT2D eigenvalue weighted by molar-refractivity contribution is 8.00. The maximum atomic E-state index is 13.1. The number of carbonyl (C=O) groups excluding carboxylic acids is 1. The number of hydrogen-bond acceptors (Lipinski definition) is 5. The van der Waals surface area contributed by atoms with Crippen molar-refractivity contribution in [3.05, 3.63) is 76.1 Å². The lowest BCUT2D eigenvalue weighted by Gasteiger charge is -2.16. The maximum Gasteiger partial charge on any atom is 0.418 e. The summed E-state index contributed by atoms with van der Waals surface area (Å²) in [6.45, 7) is 1.47. The first-order valence-corrected chi connectivity index (χ1v) is 9.82. The van der Waals surface area contributed by atoms with Crippen LogP contribution in [0.1, 0.15) is 18.1 Å². The van der Waals surface area contributed by atoms with Gasteiger partial charge in [0.05, 0.1) is 22.2 Å². The molecule has 0 spiro atoms. The molecule has 0 saturated heterocycles. The van der Waals surface area contributed by atoms with Crippen molar-refractivity contribution < 1.29 is 18.0 Å². The van der Waals surface area contributed by atoms with Gasteiger partial charge in [0.15, 0.2) is 5.16 Å². The summed E-state index contributed by atoms with van der Waals surface area (Å²) in [5.41, 5.74) is -1.47. The van der Waals surface area contributed by atoms with E-state index in [9.17, 15) is 28.0 Å². The molecule has 0 saturated carbocycles. The number of halogens is 3. The number of para-hydroxylation sites is 1. The van der Waals surface area contributed by atoms with Crippen LogP contribution in [0, 0.1) is 11.3 Å². The summed E-state index contributed by atoms with van der Waals surface area (Å²) in [6.07, 6.45) is -4.62. The van der Waals surface area contributed by atoms with Crippen molar-refractivity contribution in [2.24, 2.45) is 0 Å². The van der Waals surface area contributed by atoms with Crippen LogP contribution < -0.4 is 10.9 Å². The van der Waals surface area contributed by atoms with Crippen LogP contribution in [0.15, 0.2) is 64.5 Å². The van der Waals surface area contributed by atoms with Crippen LogP contribution in [0.5, 0.6) is 0 Å². The fourth-order valence-electron chi connectivity index (χ4n) is 2.71. The molecule has 2 N–H and O–H groups in total. The molecule has 0 aliphatic heterocycles. The van der Waals surface area contributed by atoms with Crippen LogP contribution in [0.3, 0.4) is 0 Å². The Kier molecular flexibility index (Phi) is 6.46. The van der Waals surface area contributed by atoms with Crippen molar-refractivity contribution >= 4 is 23.4 Å². The monoisotopic (exact) mass is 444 g/mol. The molecule has 0 aliphatic carbocycles. The zero-order valence-corrected chi connectivity index (χ0v) is 16.8. The van der Waals surface area contributed by atoms with Gasteiger partial charge in [-0.1, -0.05) is 54.2 Å². The van der Waals surface area contributed by atoms with Gasteiger partial charge in [-0.2, -0.15) is 18.4 Å². The van der Waals surface area contributed by atoms with E-state index in [4.69, 9.17) is 0 Å². The Balaban J connectivity index is 1.85. The molecule has 0 bridgehead atoms. The molecule has 1 amide bonds. The molecule has 0 aliphatic rings. The largest absolute Gasteiger partial charge is 0.418 e. The number of nitriles is 1. The quantitative estimate of drug-likeness (QED) is 0.448. The highest BCUT2D eigenvalue weighted by atomic mass is 32.2. The first kappa shape index (κ1) is 22.1. The average molecular weight is 444 g/mol. The molecule has 1 aromatic heterocycles. The van der Waals surface area contributed by atoms with Crippen LogP contribution in [-0.4, -0.2) is 21.1 Å². The van der Waals surface area contributed by atoms with Crippen LogP contribution in [0.2, 0.25) is 0 Å². The Morgan fingerprint density at radius 1 is 1.16 bits per heavy atom. The number of thioether (sulfide) groups is 1. The van der Waals surface area contributed by atoms with Crippen molar-refractivity contribution in [2.45, 2.75) is 23.5 Å². The number of alkyl halides is 3. The van der Waals surface area contributed by atoms with Gasteiger partial charge in [-0.25, -0.2) is 4.98 Å². The van der Waals surface area contributed by atoms with Crippen molar-refractivity contribution in [3.63, 3.8) is 0 Å². The average Bonchev–Trinajstić information content (AvgIpc) is 2.73. The summed E-state index contributed by atoms with van der Waals surface area (Å²) in [7, 11) is 0. The van der Waals surface area contributed by atoms with E-state index in [0.717, 1.165) is 23.9 Å². The normalized spacial score (nSPS) is 12.1. The van der Waals surface area contributed by atoms with E-state index < -0.39 is 28.5 Å². The number of nitrogens with one attached hydrogen (secondary N) is 2. The summed E-state index contributed by atoms with van der Waals surface area (Å²) in [4.78, 5) is 31.5. The fourth-order valence-corrected chi connectivity index (χ4v) is 3.51. The molecular formula is C21H15F3N4O2S. The van der Waals surface area contributed by atoms with Crippen molar-refractivity contribution in [1.29, 1.82) is 5.26 Å². The smallest absolute Gasteiger partial charge is 0.325 e. The molecule has 31 heavy (non-hydrogen) atoms. The lowest BCUT2D eigenvalue weighted by atomic mass is 10.1. The van der Waals surface area contributed by atoms with E-state index in [1.54, 1.807) is 30.3 Å². The van der Waals surface area contributed by atoms with E-state index in [2.05, 4.69) is 15.3 Å². The Bertz CT molecular complexity index is 1200. The van der Waals surface area contributed by atoms with Gasteiger partial charge in [0.25, 0.3) is 5.56 Å². The SMILES string of the molecule is C[C@H](Sc1nc(-c2ccccc2)c(C#N)c(=O)[nH]1)C(=O)Nc1ccccc1C(F)(F)F. The highest BCUT2D eigenvalue weighted by Crippen LogP contribution is 2.35. The van der Waals surface area contributed by atoms with Gasteiger partial charge in [-0.15, -0.1) is 0 Å². The highest BCUT2D eigenvalue weighted by Gasteiger charge is 2.34. The topological polar surface area (TPSA) is 98.6 Å². The molecule has 6 nitrogen and oxygen atoms in total. The number of rotatable bonds is 5.